The molecule has 0 aliphatic carbocycles. The molecule has 11 heavy (non-hydrogen) atoms. The highest BCUT2D eigenvalue weighted by Gasteiger charge is 2.36. The number of nitrogens with one attached hydrogen (secondary N) is 1. The third-order valence-electron chi connectivity index (χ3n) is 3.38. The molecule has 2 aliphatic heterocycles. The van der Waals surface area contributed by atoms with Crippen LogP contribution >= 0.6 is 7.92 Å². The molecule has 2 saturated heterocycles. The Morgan fingerprint density at radius 2 is 1.91 bits per heavy atom. The Balaban J connectivity index is 1.94. The summed E-state index contributed by atoms with van der Waals surface area (Å²) in [5, 5.41) is 3.50. The van der Waals surface area contributed by atoms with Crippen molar-refractivity contribution in [3.8, 4) is 0 Å². The van der Waals surface area contributed by atoms with Crippen LogP contribution in [0.2, 0.25) is 0 Å². The fourth-order valence-corrected chi connectivity index (χ4v) is 4.25. The second-order valence-electron chi connectivity index (χ2n) is 4.23. The molecule has 2 heteroatoms. The standard InChI is InChI=1S/C9H18NP/c1-11-6-3-9(4-7-11)2-5-10-8-9/h10H,2-8H2,1H3. The van der Waals surface area contributed by atoms with Gasteiger partial charge in [0.1, 0.15) is 0 Å². The van der Waals surface area contributed by atoms with E-state index >= 15 is 0 Å². The van der Waals surface area contributed by atoms with Crippen molar-refractivity contribution >= 4 is 7.92 Å². The third-order valence-corrected chi connectivity index (χ3v) is 5.35. The van der Waals surface area contributed by atoms with Crippen LogP contribution in [0.15, 0.2) is 0 Å². The van der Waals surface area contributed by atoms with Crippen LogP contribution in [0.1, 0.15) is 19.3 Å². The van der Waals surface area contributed by atoms with Gasteiger partial charge in [-0.15, -0.1) is 7.92 Å². The highest BCUT2D eigenvalue weighted by atomic mass is 31.1. The van der Waals surface area contributed by atoms with Crippen molar-refractivity contribution in [1.82, 2.24) is 5.32 Å². The molecule has 0 saturated carbocycles. The van der Waals surface area contributed by atoms with Crippen molar-refractivity contribution in [2.24, 2.45) is 5.41 Å². The number of rotatable bonds is 0. The van der Waals surface area contributed by atoms with E-state index in [1.165, 1.54) is 44.7 Å². The Labute approximate surface area is 70.7 Å². The van der Waals surface area contributed by atoms with Gasteiger partial charge in [-0.25, -0.2) is 0 Å². The minimum Gasteiger partial charge on any atom is -0.316 e. The van der Waals surface area contributed by atoms with Crippen LogP contribution in [-0.4, -0.2) is 32.1 Å². The Morgan fingerprint density at radius 3 is 2.45 bits per heavy atom. The van der Waals surface area contributed by atoms with Crippen molar-refractivity contribution in [1.29, 1.82) is 0 Å². The van der Waals surface area contributed by atoms with Crippen molar-refractivity contribution in [2.75, 3.05) is 32.1 Å². The van der Waals surface area contributed by atoms with E-state index in [9.17, 15) is 0 Å². The molecule has 2 rings (SSSR count). The van der Waals surface area contributed by atoms with Crippen molar-refractivity contribution in [3.05, 3.63) is 0 Å². The maximum Gasteiger partial charge on any atom is 0.000854 e. The highest BCUT2D eigenvalue weighted by molar-refractivity contribution is 7.56. The van der Waals surface area contributed by atoms with Crippen LogP contribution in [0.3, 0.4) is 0 Å². The first-order chi connectivity index (χ1) is 5.31. The largest absolute Gasteiger partial charge is 0.316 e. The molecule has 0 aromatic heterocycles. The van der Waals surface area contributed by atoms with Gasteiger partial charge in [-0.3, -0.25) is 0 Å². The second-order valence-corrected chi connectivity index (χ2v) is 6.84. The van der Waals surface area contributed by atoms with E-state index in [1.54, 1.807) is 0 Å². The van der Waals surface area contributed by atoms with E-state index in [0.717, 1.165) is 5.41 Å². The molecule has 0 aromatic carbocycles. The van der Waals surface area contributed by atoms with Crippen LogP contribution in [0.4, 0.5) is 0 Å². The first-order valence-electron chi connectivity index (χ1n) is 4.70. The summed E-state index contributed by atoms with van der Waals surface area (Å²) in [6.07, 6.45) is 7.56. The zero-order valence-corrected chi connectivity index (χ0v) is 8.29. The van der Waals surface area contributed by atoms with Gasteiger partial charge in [-0.1, -0.05) is 0 Å². The van der Waals surface area contributed by atoms with E-state index in [2.05, 4.69) is 12.0 Å². The number of hydrogen-bond acceptors (Lipinski definition) is 1. The SMILES string of the molecule is CP1CCC2(CCNC2)CC1. The monoisotopic (exact) mass is 171 g/mol. The summed E-state index contributed by atoms with van der Waals surface area (Å²) in [4.78, 5) is 0. The van der Waals surface area contributed by atoms with Gasteiger partial charge in [0, 0.05) is 6.54 Å². The van der Waals surface area contributed by atoms with Crippen molar-refractivity contribution in [3.63, 3.8) is 0 Å². The Kier molecular flexibility index (Phi) is 2.21. The maximum absolute atomic E-state index is 3.50. The third kappa shape index (κ3) is 1.60. The molecule has 2 fully saturated rings. The summed E-state index contributed by atoms with van der Waals surface area (Å²) in [6.45, 7) is 5.06. The fourth-order valence-electron chi connectivity index (χ4n) is 2.32. The van der Waals surface area contributed by atoms with Gasteiger partial charge in [-0.2, -0.15) is 0 Å². The lowest BCUT2D eigenvalue weighted by atomic mass is 9.81. The van der Waals surface area contributed by atoms with Crippen LogP contribution in [0, 0.1) is 5.41 Å². The first kappa shape index (κ1) is 8.01. The molecule has 2 aliphatic rings. The van der Waals surface area contributed by atoms with Gasteiger partial charge < -0.3 is 5.32 Å². The molecule has 0 amide bonds. The van der Waals surface area contributed by atoms with E-state index in [1.807, 2.05) is 0 Å². The molecule has 64 valence electrons. The normalized spacial score (nSPS) is 45.0. The van der Waals surface area contributed by atoms with Gasteiger partial charge in [-0.05, 0) is 50.2 Å². The van der Waals surface area contributed by atoms with E-state index in [-0.39, 0.29) is 0 Å². The lowest BCUT2D eigenvalue weighted by Gasteiger charge is -2.35. The van der Waals surface area contributed by atoms with Gasteiger partial charge in [0.25, 0.3) is 0 Å². The summed E-state index contributed by atoms with van der Waals surface area (Å²) in [6, 6.07) is 0. The first-order valence-corrected chi connectivity index (χ1v) is 6.86. The van der Waals surface area contributed by atoms with Crippen molar-refractivity contribution < 1.29 is 0 Å². The molecule has 1 spiro atoms. The Morgan fingerprint density at radius 1 is 1.18 bits per heavy atom. The van der Waals surface area contributed by atoms with E-state index in [0.29, 0.717) is 7.92 Å². The van der Waals surface area contributed by atoms with Gasteiger partial charge in [0.05, 0.1) is 0 Å². The van der Waals surface area contributed by atoms with Crippen LogP contribution in [0.5, 0.6) is 0 Å². The zero-order valence-electron chi connectivity index (χ0n) is 7.40. The minimum atomic E-state index is 0.438. The molecule has 1 N–H and O–H groups in total. The molecule has 2 heterocycles. The molecular formula is C9H18NP. The highest BCUT2D eigenvalue weighted by Crippen LogP contribution is 2.48. The number of hydrogen-bond donors (Lipinski definition) is 1. The lowest BCUT2D eigenvalue weighted by Crippen LogP contribution is -2.29. The zero-order chi connectivity index (χ0) is 7.73. The molecular weight excluding hydrogens is 153 g/mol. The Hall–Kier alpha value is 0.390. The van der Waals surface area contributed by atoms with Crippen molar-refractivity contribution in [2.45, 2.75) is 19.3 Å². The van der Waals surface area contributed by atoms with Crippen LogP contribution < -0.4 is 5.32 Å². The smallest absolute Gasteiger partial charge is 0.000854 e. The van der Waals surface area contributed by atoms with Crippen LogP contribution in [0.25, 0.3) is 0 Å². The predicted molar refractivity (Wildman–Crippen MR) is 51.7 cm³/mol. The maximum atomic E-state index is 3.50. The average Bonchev–Trinajstić information content (AvgIpc) is 2.45. The van der Waals surface area contributed by atoms with Crippen LogP contribution in [-0.2, 0) is 0 Å². The van der Waals surface area contributed by atoms with Gasteiger partial charge >= 0.3 is 0 Å². The predicted octanol–water partition coefficient (Wildman–Crippen LogP) is 1.87. The Bertz CT molecular complexity index is 130. The van der Waals surface area contributed by atoms with Gasteiger partial charge in [0.15, 0.2) is 0 Å². The lowest BCUT2D eigenvalue weighted by molar-refractivity contribution is 0.293. The summed E-state index contributed by atoms with van der Waals surface area (Å²) in [5.74, 6) is 0. The van der Waals surface area contributed by atoms with Gasteiger partial charge in [0.2, 0.25) is 0 Å². The molecule has 0 aromatic rings. The summed E-state index contributed by atoms with van der Waals surface area (Å²) < 4.78 is 0. The second kappa shape index (κ2) is 3.03. The average molecular weight is 171 g/mol. The molecule has 0 atom stereocenters. The molecule has 1 nitrogen and oxygen atoms in total. The van der Waals surface area contributed by atoms with E-state index < -0.39 is 0 Å². The summed E-state index contributed by atoms with van der Waals surface area (Å²) >= 11 is 0. The molecule has 0 radical (unpaired) electrons. The fraction of sp³-hybridized carbons (Fsp3) is 1.00. The van der Waals surface area contributed by atoms with E-state index in [4.69, 9.17) is 0 Å². The summed E-state index contributed by atoms with van der Waals surface area (Å²) in [7, 11) is 0.438. The summed E-state index contributed by atoms with van der Waals surface area (Å²) in [5.41, 5.74) is 0.759. The quantitative estimate of drug-likeness (QED) is 0.549. The molecule has 0 unspecified atom stereocenters. The molecule has 0 bridgehead atoms. The topological polar surface area (TPSA) is 12.0 Å². The minimum absolute atomic E-state index is 0.438.